The first-order valence-corrected chi connectivity index (χ1v) is 28.1. The Kier molecular flexibility index (Phi) is 18.2. The Balaban J connectivity index is 0.000000172. The number of nitrogens with one attached hydrogen (secondary N) is 2. The van der Waals surface area contributed by atoms with E-state index < -0.39 is 40.5 Å². The van der Waals surface area contributed by atoms with Crippen LogP contribution >= 0.6 is 0 Å². The lowest BCUT2D eigenvalue weighted by molar-refractivity contribution is 0.481. The Hall–Kier alpha value is -7.73. The summed E-state index contributed by atoms with van der Waals surface area (Å²) in [6.45, 7) is 9.36. The predicted molar refractivity (Wildman–Crippen MR) is 291 cm³/mol. The van der Waals surface area contributed by atoms with Crippen molar-refractivity contribution in [3.63, 3.8) is 0 Å². The van der Waals surface area contributed by atoms with Gasteiger partial charge in [0.25, 0.3) is 40.5 Å². The third kappa shape index (κ3) is 17.2. The van der Waals surface area contributed by atoms with Gasteiger partial charge in [0.2, 0.25) is 0 Å². The molecule has 4 aromatic carbocycles. The molecule has 6 heterocycles. The van der Waals surface area contributed by atoms with Gasteiger partial charge in [0.15, 0.2) is 0 Å². The molecule has 0 saturated carbocycles. The van der Waals surface area contributed by atoms with Crippen molar-refractivity contribution in [2.45, 2.75) is 54.2 Å². The van der Waals surface area contributed by atoms with E-state index >= 15 is 0 Å². The highest BCUT2D eigenvalue weighted by Gasteiger charge is 2.15. The summed E-state index contributed by atoms with van der Waals surface area (Å²) in [7, 11) is -16.1. The average molecular weight is 1090 g/mol. The van der Waals surface area contributed by atoms with Crippen LogP contribution in [0, 0.1) is 34.6 Å². The zero-order valence-corrected chi connectivity index (χ0v) is 44.1. The van der Waals surface area contributed by atoms with Crippen LogP contribution in [0.3, 0.4) is 0 Å². The summed E-state index contributed by atoms with van der Waals surface area (Å²) >= 11 is 0. The zero-order chi connectivity index (χ0) is 54.7. The quantitative estimate of drug-likeness (QED) is 0.0874. The Morgan fingerprint density at radius 2 is 0.653 bits per heavy atom. The fourth-order valence-electron chi connectivity index (χ4n) is 6.85. The molecule has 388 valence electrons. The Morgan fingerprint density at radius 3 is 0.933 bits per heavy atom. The monoisotopic (exact) mass is 1090 g/mol. The fraction of sp³-hybridized carbons (Fsp3) is 0.0926. The predicted octanol–water partition coefficient (Wildman–Crippen LogP) is 11.0. The number of nitrogens with zero attached hydrogens (tertiary/aromatic N) is 3. The molecule has 0 spiro atoms. The second kappa shape index (κ2) is 24.1. The minimum Gasteiger partial charge on any atom is -0.355 e. The lowest BCUT2D eigenvalue weighted by Crippen LogP contribution is -1.96. The van der Waals surface area contributed by atoms with Crippen molar-refractivity contribution in [1.29, 1.82) is 0 Å². The van der Waals surface area contributed by atoms with Crippen LogP contribution < -0.4 is 0 Å². The van der Waals surface area contributed by atoms with E-state index in [0.717, 1.165) is 83.9 Å². The molecule has 8 aromatic rings. The molecule has 21 heteroatoms. The summed E-state index contributed by atoms with van der Waals surface area (Å²) in [6, 6.07) is 42.5. The van der Waals surface area contributed by atoms with Gasteiger partial charge in [-0.05, 0) is 168 Å². The summed E-state index contributed by atoms with van der Waals surface area (Å²) in [5, 5.41) is 0. The Labute approximate surface area is 435 Å². The first-order valence-electron chi connectivity index (χ1n) is 22.4. The molecule has 0 fully saturated rings. The highest BCUT2D eigenvalue weighted by Crippen LogP contribution is 2.31. The second-order valence-corrected chi connectivity index (χ2v) is 22.6. The highest BCUT2D eigenvalue weighted by molar-refractivity contribution is 7.86. The van der Waals surface area contributed by atoms with Gasteiger partial charge >= 0.3 is 0 Å². The van der Waals surface area contributed by atoms with E-state index in [0.29, 0.717) is 0 Å². The molecular weight excluding hydrogens is 1040 g/mol. The lowest BCUT2D eigenvalue weighted by Gasteiger charge is -2.05. The van der Waals surface area contributed by atoms with Gasteiger partial charge in [0.1, 0.15) is 0 Å². The molecule has 0 saturated heterocycles. The van der Waals surface area contributed by atoms with E-state index in [-0.39, 0.29) is 19.6 Å². The summed E-state index contributed by atoms with van der Waals surface area (Å²) in [6.07, 6.45) is 10.0. The van der Waals surface area contributed by atoms with E-state index in [2.05, 4.69) is 75.6 Å². The molecule has 0 aliphatic carbocycles. The van der Waals surface area contributed by atoms with Crippen molar-refractivity contribution in [2.24, 2.45) is 0 Å². The third-order valence-electron chi connectivity index (χ3n) is 10.7. The molecule has 2 aliphatic rings. The second-order valence-electron chi connectivity index (χ2n) is 16.9. The fourth-order valence-corrected chi connectivity index (χ4v) is 8.77. The van der Waals surface area contributed by atoms with Gasteiger partial charge in [0, 0.05) is 39.5 Å². The largest absolute Gasteiger partial charge is 0.355 e. The van der Waals surface area contributed by atoms with Crippen molar-refractivity contribution < 1.29 is 51.9 Å². The number of pyridine rings is 1. The lowest BCUT2D eigenvalue weighted by atomic mass is 10.0. The van der Waals surface area contributed by atoms with Gasteiger partial charge in [-0.25, -0.2) is 9.97 Å². The minimum absolute atomic E-state index is 0.0666. The van der Waals surface area contributed by atoms with E-state index in [1.165, 1.54) is 48.5 Å². The standard InChI is InChI=1S/C26H19N5.4C7H8O3S/c1-16-12-17(10-11-27-16)26-24-8-6-22(30-24)14-20-4-2-18(28-20)13-19-3-5-21(29-19)15-23-7-9-25(26)31-23;4*1-6-2-4-7(5-3-6)11(8,9)10/h2-15,28-29H,1H3;4*2-5H,1H3,(H,8,9,10). The molecule has 75 heavy (non-hydrogen) atoms. The van der Waals surface area contributed by atoms with Crippen molar-refractivity contribution in [3.05, 3.63) is 209 Å². The van der Waals surface area contributed by atoms with Crippen LogP contribution in [0.5, 0.6) is 0 Å². The molecule has 2 aliphatic heterocycles. The highest BCUT2D eigenvalue weighted by atomic mass is 32.2. The number of rotatable bonds is 5. The minimum atomic E-state index is -4.02. The number of aromatic amines is 2. The molecule has 17 nitrogen and oxygen atoms in total. The van der Waals surface area contributed by atoms with Crippen molar-refractivity contribution in [1.82, 2.24) is 24.9 Å². The number of hydrogen-bond donors (Lipinski definition) is 6. The van der Waals surface area contributed by atoms with E-state index in [4.69, 9.17) is 28.2 Å². The first kappa shape index (κ1) is 56.6. The van der Waals surface area contributed by atoms with Crippen molar-refractivity contribution in [2.75, 3.05) is 0 Å². The molecule has 4 aromatic heterocycles. The van der Waals surface area contributed by atoms with Crippen LogP contribution in [0.4, 0.5) is 0 Å². The van der Waals surface area contributed by atoms with Gasteiger partial charge < -0.3 is 9.97 Å². The first-order chi connectivity index (χ1) is 35.2. The van der Waals surface area contributed by atoms with E-state index in [9.17, 15) is 33.7 Å². The van der Waals surface area contributed by atoms with Gasteiger partial charge in [-0.2, -0.15) is 33.7 Å². The zero-order valence-electron chi connectivity index (χ0n) is 40.8. The van der Waals surface area contributed by atoms with Gasteiger partial charge in [-0.15, -0.1) is 0 Å². The Morgan fingerprint density at radius 1 is 0.360 bits per heavy atom. The maximum absolute atomic E-state index is 10.5. The van der Waals surface area contributed by atoms with Crippen LogP contribution in [0.25, 0.3) is 57.5 Å². The van der Waals surface area contributed by atoms with Crippen LogP contribution in [0.2, 0.25) is 0 Å². The third-order valence-corrected chi connectivity index (χ3v) is 14.1. The molecule has 0 atom stereocenters. The summed E-state index contributed by atoms with van der Waals surface area (Å²) in [5.74, 6) is 0. The van der Waals surface area contributed by atoms with Gasteiger partial charge in [-0.1, -0.05) is 70.8 Å². The van der Waals surface area contributed by atoms with Crippen molar-refractivity contribution in [3.8, 4) is 11.1 Å². The van der Waals surface area contributed by atoms with E-state index in [1.54, 1.807) is 48.5 Å². The summed E-state index contributed by atoms with van der Waals surface area (Å²) in [4.78, 5) is 20.8. The normalized spacial score (nSPS) is 11.9. The summed E-state index contributed by atoms with van der Waals surface area (Å²) < 4.78 is 118. The van der Waals surface area contributed by atoms with Crippen LogP contribution in [0.1, 0.15) is 50.7 Å². The smallest absolute Gasteiger partial charge is 0.294 e. The SMILES string of the molecule is Cc1cc(-c2c3nc(cc4ccc(cc5ccc(cc6nc2C=C6)[nH]5)[nH]4)C=C3)ccn1.Cc1ccc(S(=O)(=O)O)cc1.Cc1ccc(S(=O)(=O)O)cc1.Cc1ccc(S(=O)(=O)O)cc1.Cc1ccc(S(=O)(=O)O)cc1. The molecule has 6 N–H and O–H groups in total. The average Bonchev–Trinajstić information content (AvgIpc) is 4.17. The molecule has 0 unspecified atom stereocenters. The molecular formula is C54H51N5O12S4. The number of H-pyrrole nitrogens is 2. The van der Waals surface area contributed by atoms with Crippen molar-refractivity contribution >= 4 is 86.8 Å². The summed E-state index contributed by atoms with van der Waals surface area (Å²) in [5.41, 5.74) is 14.5. The van der Waals surface area contributed by atoms with Gasteiger partial charge in [-0.3, -0.25) is 23.2 Å². The van der Waals surface area contributed by atoms with Crippen LogP contribution in [-0.4, -0.2) is 76.8 Å². The maximum Gasteiger partial charge on any atom is 0.294 e. The van der Waals surface area contributed by atoms with E-state index in [1.807, 2.05) is 59.0 Å². The molecule has 8 bridgehead atoms. The number of benzene rings is 4. The van der Waals surface area contributed by atoms with Crippen LogP contribution in [0.15, 0.2) is 177 Å². The van der Waals surface area contributed by atoms with Gasteiger partial charge in [0.05, 0.1) is 42.4 Å². The molecule has 10 rings (SSSR count). The molecule has 0 amide bonds. The number of aromatic nitrogens is 5. The Bertz CT molecular complexity index is 3640. The molecule has 0 radical (unpaired) electrons. The number of hydrogen-bond acceptors (Lipinski definition) is 11. The number of aryl methyl sites for hydroxylation is 5. The van der Waals surface area contributed by atoms with Crippen LogP contribution in [-0.2, 0) is 40.5 Å². The topological polar surface area (TPSA) is 288 Å². The number of fused-ring (bicyclic) bond motifs is 8. The maximum atomic E-state index is 10.5.